The number of carbonyl (C=O) groups excluding carboxylic acids is 2. The summed E-state index contributed by atoms with van der Waals surface area (Å²) in [7, 11) is 1.60. The number of aromatic amines is 1. The zero-order valence-corrected chi connectivity index (χ0v) is 19.0. The number of nitrogens with zero attached hydrogens (tertiary/aromatic N) is 2. The van der Waals surface area contributed by atoms with Crippen LogP contribution in [0.4, 0.5) is 0 Å². The molecule has 2 atom stereocenters. The number of benzene rings is 2. The van der Waals surface area contributed by atoms with Crippen LogP contribution in [0.5, 0.6) is 0 Å². The van der Waals surface area contributed by atoms with E-state index in [0.29, 0.717) is 32.5 Å². The summed E-state index contributed by atoms with van der Waals surface area (Å²) < 4.78 is 10.4. The third-order valence-electron chi connectivity index (χ3n) is 5.39. The smallest absolute Gasteiger partial charge is 0.309 e. The predicted octanol–water partition coefficient (Wildman–Crippen LogP) is 3.42. The maximum absolute atomic E-state index is 12.7. The van der Waals surface area contributed by atoms with Gasteiger partial charge < -0.3 is 14.8 Å². The predicted molar refractivity (Wildman–Crippen MR) is 124 cm³/mol. The quantitative estimate of drug-likeness (QED) is 0.410. The molecule has 0 aliphatic heterocycles. The van der Waals surface area contributed by atoms with E-state index in [2.05, 4.69) is 45.0 Å². The number of ether oxygens (including phenoxy) is 2. The first-order valence-electron chi connectivity index (χ1n) is 11.1. The molecule has 3 rings (SSSR count). The zero-order chi connectivity index (χ0) is 23.5. The average Bonchev–Trinajstić information content (AvgIpc) is 3.38. The molecule has 0 spiro atoms. The van der Waals surface area contributed by atoms with Gasteiger partial charge in [0.25, 0.3) is 5.91 Å². The van der Waals surface area contributed by atoms with Gasteiger partial charge in [-0.15, -0.1) is 5.10 Å². The molecule has 0 saturated carbocycles. The van der Waals surface area contributed by atoms with E-state index in [1.165, 1.54) is 6.20 Å². The monoisotopic (exact) mass is 450 g/mol. The summed E-state index contributed by atoms with van der Waals surface area (Å²) in [4.78, 5) is 25.2. The number of amides is 1. The van der Waals surface area contributed by atoms with E-state index in [1.807, 2.05) is 30.3 Å². The van der Waals surface area contributed by atoms with Crippen molar-refractivity contribution in [2.45, 2.75) is 32.2 Å². The van der Waals surface area contributed by atoms with Gasteiger partial charge >= 0.3 is 5.97 Å². The van der Waals surface area contributed by atoms with Crippen LogP contribution in [0.2, 0.25) is 0 Å². The molecular formula is C25H30N4O4. The second-order valence-corrected chi connectivity index (χ2v) is 7.76. The van der Waals surface area contributed by atoms with Crippen molar-refractivity contribution in [3.63, 3.8) is 0 Å². The molecule has 0 aliphatic rings. The van der Waals surface area contributed by atoms with Gasteiger partial charge in [0.1, 0.15) is 0 Å². The van der Waals surface area contributed by atoms with E-state index in [-0.39, 0.29) is 23.6 Å². The maximum Gasteiger partial charge on any atom is 0.309 e. The van der Waals surface area contributed by atoms with Gasteiger partial charge in [-0.3, -0.25) is 14.7 Å². The Hall–Kier alpha value is -3.52. The molecule has 3 aromatic rings. The number of methoxy groups -OCH3 is 1. The second kappa shape index (κ2) is 12.5. The highest BCUT2D eigenvalue weighted by Crippen LogP contribution is 2.22. The van der Waals surface area contributed by atoms with Crippen molar-refractivity contribution in [3.05, 3.63) is 72.1 Å². The number of rotatable bonds is 12. The molecule has 0 radical (unpaired) electrons. The average molecular weight is 451 g/mol. The van der Waals surface area contributed by atoms with Gasteiger partial charge in [0, 0.05) is 19.8 Å². The highest BCUT2D eigenvalue weighted by molar-refractivity contribution is 5.92. The van der Waals surface area contributed by atoms with Crippen LogP contribution < -0.4 is 5.32 Å². The molecule has 1 amide bonds. The topological polar surface area (TPSA) is 106 Å². The van der Waals surface area contributed by atoms with Gasteiger partial charge in [0.05, 0.1) is 18.7 Å². The summed E-state index contributed by atoms with van der Waals surface area (Å²) in [6.45, 7) is 2.52. The third kappa shape index (κ3) is 7.25. The first-order chi connectivity index (χ1) is 16.1. The van der Waals surface area contributed by atoms with Gasteiger partial charge in [-0.05, 0) is 42.9 Å². The fourth-order valence-electron chi connectivity index (χ4n) is 3.71. The molecule has 0 saturated heterocycles. The third-order valence-corrected chi connectivity index (χ3v) is 5.39. The second-order valence-electron chi connectivity index (χ2n) is 7.76. The lowest BCUT2D eigenvalue weighted by molar-refractivity contribution is -0.149. The van der Waals surface area contributed by atoms with E-state index in [9.17, 15) is 9.59 Å². The minimum atomic E-state index is -0.392. The highest BCUT2D eigenvalue weighted by Gasteiger charge is 2.26. The molecule has 0 unspecified atom stereocenters. The molecule has 0 fully saturated rings. The summed E-state index contributed by atoms with van der Waals surface area (Å²) in [6, 6.07) is 18.1. The summed E-state index contributed by atoms with van der Waals surface area (Å²) in [5.74, 6) is -1.02. The number of nitrogens with one attached hydrogen (secondary N) is 2. The number of carbonyl (C=O) groups is 2. The molecule has 8 nitrogen and oxygen atoms in total. The number of aromatic nitrogens is 3. The van der Waals surface area contributed by atoms with Gasteiger partial charge in [-0.25, -0.2) is 0 Å². The molecular weight excluding hydrogens is 420 g/mol. The van der Waals surface area contributed by atoms with Crippen molar-refractivity contribution in [1.29, 1.82) is 0 Å². The Morgan fingerprint density at radius 2 is 1.79 bits per heavy atom. The lowest BCUT2D eigenvalue weighted by Crippen LogP contribution is -2.39. The number of hydrogen-bond donors (Lipinski definition) is 2. The molecule has 0 bridgehead atoms. The highest BCUT2D eigenvalue weighted by atomic mass is 16.5. The standard InChI is InChI=1S/C25H30N4O4/c1-3-33-25(31)21(13-14-32-2)16-22(27-24(30)23-17-26-29-28-23)15-18-9-11-20(12-10-18)19-7-5-4-6-8-19/h4-12,17,21-22H,3,13-16H2,1-2H3,(H,27,30)(H,26,28,29)/t21-,22-/m1/s1. The molecule has 174 valence electrons. The normalized spacial score (nSPS) is 12.7. The van der Waals surface area contributed by atoms with Gasteiger partial charge in [0.15, 0.2) is 5.69 Å². The molecule has 2 N–H and O–H groups in total. The van der Waals surface area contributed by atoms with Crippen LogP contribution in [-0.2, 0) is 20.7 Å². The Kier molecular flexibility index (Phi) is 9.14. The number of esters is 1. The van der Waals surface area contributed by atoms with Crippen LogP contribution in [0, 0.1) is 5.92 Å². The first kappa shape index (κ1) is 24.1. The largest absolute Gasteiger partial charge is 0.466 e. The Bertz CT molecular complexity index is 991. The van der Waals surface area contributed by atoms with Crippen LogP contribution >= 0.6 is 0 Å². The zero-order valence-electron chi connectivity index (χ0n) is 19.0. The van der Waals surface area contributed by atoms with E-state index < -0.39 is 5.92 Å². The van der Waals surface area contributed by atoms with Crippen LogP contribution in [0.25, 0.3) is 11.1 Å². The Morgan fingerprint density at radius 3 is 2.42 bits per heavy atom. The minimum Gasteiger partial charge on any atom is -0.466 e. The van der Waals surface area contributed by atoms with Gasteiger partial charge in [0.2, 0.25) is 0 Å². The molecule has 1 heterocycles. The van der Waals surface area contributed by atoms with Gasteiger partial charge in [-0.1, -0.05) is 59.8 Å². The molecule has 8 heteroatoms. The van der Waals surface area contributed by atoms with E-state index in [4.69, 9.17) is 9.47 Å². The van der Waals surface area contributed by atoms with Crippen LogP contribution in [-0.4, -0.2) is 53.7 Å². The minimum absolute atomic E-state index is 0.198. The van der Waals surface area contributed by atoms with Crippen LogP contribution in [0.15, 0.2) is 60.8 Å². The van der Waals surface area contributed by atoms with Crippen molar-refractivity contribution >= 4 is 11.9 Å². The van der Waals surface area contributed by atoms with Crippen molar-refractivity contribution in [2.75, 3.05) is 20.3 Å². The fourth-order valence-corrected chi connectivity index (χ4v) is 3.71. The van der Waals surface area contributed by atoms with Crippen molar-refractivity contribution in [1.82, 2.24) is 20.7 Å². The Labute approximate surface area is 193 Å². The van der Waals surface area contributed by atoms with Crippen LogP contribution in [0.1, 0.15) is 35.8 Å². The van der Waals surface area contributed by atoms with Gasteiger partial charge in [-0.2, -0.15) is 0 Å². The molecule has 0 aliphatic carbocycles. The van der Waals surface area contributed by atoms with Crippen molar-refractivity contribution < 1.29 is 19.1 Å². The molecule has 2 aromatic carbocycles. The lowest BCUT2D eigenvalue weighted by Gasteiger charge is -2.23. The van der Waals surface area contributed by atoms with Crippen molar-refractivity contribution in [2.24, 2.45) is 5.92 Å². The Morgan fingerprint density at radius 1 is 1.06 bits per heavy atom. The van der Waals surface area contributed by atoms with Crippen LogP contribution in [0.3, 0.4) is 0 Å². The summed E-state index contributed by atoms with van der Waals surface area (Å²) in [6.07, 6.45) is 2.93. The number of H-pyrrole nitrogens is 1. The van der Waals surface area contributed by atoms with Crippen molar-refractivity contribution in [3.8, 4) is 11.1 Å². The lowest BCUT2D eigenvalue weighted by atomic mass is 9.92. The number of hydrogen-bond acceptors (Lipinski definition) is 6. The summed E-state index contributed by atoms with van der Waals surface area (Å²) >= 11 is 0. The SMILES string of the molecule is CCOC(=O)[C@H](CCOC)C[C@@H](Cc1ccc(-c2ccccc2)cc1)NC(=O)c1c[nH]nn1. The molecule has 1 aromatic heterocycles. The fraction of sp³-hybridized carbons (Fsp3) is 0.360. The Balaban J connectivity index is 1.76. The maximum atomic E-state index is 12.7. The molecule has 33 heavy (non-hydrogen) atoms. The first-order valence-corrected chi connectivity index (χ1v) is 11.1. The van der Waals surface area contributed by atoms with E-state index in [0.717, 1.165) is 16.7 Å². The summed E-state index contributed by atoms with van der Waals surface area (Å²) in [5.41, 5.74) is 3.51. The van der Waals surface area contributed by atoms with E-state index in [1.54, 1.807) is 14.0 Å². The summed E-state index contributed by atoms with van der Waals surface area (Å²) in [5, 5.41) is 12.9. The van der Waals surface area contributed by atoms with E-state index >= 15 is 0 Å².